The van der Waals surface area contributed by atoms with Crippen LogP contribution in [-0.4, -0.2) is 36.1 Å². The zero-order valence-corrected chi connectivity index (χ0v) is 16.1. The number of hydrogen-bond donors (Lipinski definition) is 1. The van der Waals surface area contributed by atoms with Crippen LogP contribution in [0, 0.1) is 18.6 Å². The summed E-state index contributed by atoms with van der Waals surface area (Å²) in [5, 5.41) is 12.0. The van der Waals surface area contributed by atoms with Gasteiger partial charge in [-0.25, -0.2) is 23.1 Å². The molecule has 3 heterocycles. The number of fused-ring (bicyclic) bond motifs is 1. The lowest BCUT2D eigenvalue weighted by molar-refractivity contribution is 0.506. The van der Waals surface area contributed by atoms with Crippen molar-refractivity contribution < 1.29 is 8.78 Å². The fraction of sp³-hybridized carbons (Fsp3) is 0.200. The molecule has 0 radical (unpaired) electrons. The fourth-order valence-electron chi connectivity index (χ4n) is 3.41. The van der Waals surface area contributed by atoms with Crippen molar-refractivity contribution >= 4 is 23.3 Å². The number of aryl methyl sites for hydroxylation is 2. The molecule has 0 bridgehead atoms. The molecule has 152 valence electrons. The first-order valence-corrected chi connectivity index (χ1v) is 9.50. The van der Waals surface area contributed by atoms with E-state index in [-0.39, 0.29) is 0 Å². The van der Waals surface area contributed by atoms with Crippen molar-refractivity contribution in [2.45, 2.75) is 19.9 Å². The molecular formula is C20H18F2N8. The summed E-state index contributed by atoms with van der Waals surface area (Å²) in [6.45, 7) is 3.19. The summed E-state index contributed by atoms with van der Waals surface area (Å²) >= 11 is 0. The summed E-state index contributed by atoms with van der Waals surface area (Å²) < 4.78 is 30.5. The van der Waals surface area contributed by atoms with Gasteiger partial charge in [-0.3, -0.25) is 0 Å². The third-order valence-corrected chi connectivity index (χ3v) is 4.85. The van der Waals surface area contributed by atoms with Gasteiger partial charge in [-0.1, -0.05) is 0 Å². The summed E-state index contributed by atoms with van der Waals surface area (Å²) in [7, 11) is 0. The molecule has 1 aliphatic heterocycles. The molecule has 0 spiro atoms. The highest BCUT2D eigenvalue weighted by molar-refractivity contribution is 5.61. The van der Waals surface area contributed by atoms with E-state index in [1.54, 1.807) is 21.8 Å². The van der Waals surface area contributed by atoms with Gasteiger partial charge in [0.05, 0.1) is 5.69 Å². The summed E-state index contributed by atoms with van der Waals surface area (Å²) in [6.07, 6.45) is 2.48. The van der Waals surface area contributed by atoms with Crippen LogP contribution in [0.3, 0.4) is 0 Å². The maximum absolute atomic E-state index is 13.7. The van der Waals surface area contributed by atoms with E-state index in [1.165, 1.54) is 6.07 Å². The van der Waals surface area contributed by atoms with Gasteiger partial charge < -0.3 is 10.2 Å². The summed E-state index contributed by atoms with van der Waals surface area (Å²) in [6, 6.07) is 11.5. The van der Waals surface area contributed by atoms with Gasteiger partial charge in [0.2, 0.25) is 11.9 Å². The van der Waals surface area contributed by atoms with E-state index in [9.17, 15) is 8.78 Å². The Balaban J connectivity index is 1.38. The maximum Gasteiger partial charge on any atom is 0.248 e. The zero-order chi connectivity index (χ0) is 20.7. The largest absolute Gasteiger partial charge is 0.323 e. The average Bonchev–Trinajstić information content (AvgIpc) is 3.36. The van der Waals surface area contributed by atoms with Crippen LogP contribution in [0.25, 0.3) is 5.69 Å². The summed E-state index contributed by atoms with van der Waals surface area (Å²) in [4.78, 5) is 10.5. The van der Waals surface area contributed by atoms with Crippen molar-refractivity contribution in [3.63, 3.8) is 0 Å². The lowest BCUT2D eigenvalue weighted by Crippen LogP contribution is -2.28. The number of benzene rings is 2. The van der Waals surface area contributed by atoms with Gasteiger partial charge in [0.1, 0.15) is 12.2 Å². The van der Waals surface area contributed by atoms with Crippen molar-refractivity contribution in [3.05, 3.63) is 66.3 Å². The normalized spacial score (nSPS) is 13.4. The monoisotopic (exact) mass is 408 g/mol. The van der Waals surface area contributed by atoms with Gasteiger partial charge in [-0.05, 0) is 49.7 Å². The van der Waals surface area contributed by atoms with Crippen LogP contribution in [0.1, 0.15) is 12.2 Å². The molecule has 30 heavy (non-hydrogen) atoms. The SMILES string of the molecule is Cc1ncn(-c2ccc(Nc3nc4n(n3)CCCN4c3ccc(F)c(F)c3)cc2)n1. The Morgan fingerprint density at radius 1 is 0.933 bits per heavy atom. The van der Waals surface area contributed by atoms with E-state index in [4.69, 9.17) is 0 Å². The number of anilines is 4. The Morgan fingerprint density at radius 2 is 1.73 bits per heavy atom. The van der Waals surface area contributed by atoms with Crippen LogP contribution in [0.15, 0.2) is 48.8 Å². The molecule has 2 aromatic heterocycles. The standard InChI is InChI=1S/C20H18F2N8/c1-13-23-12-30(26-13)15-5-3-14(4-6-15)24-19-25-20-28(9-2-10-29(20)27-19)16-7-8-17(21)18(22)11-16/h3-8,11-12H,2,9-10H2,1H3,(H,24,27). The molecule has 0 saturated heterocycles. The molecule has 0 unspecified atom stereocenters. The fourth-order valence-corrected chi connectivity index (χ4v) is 3.41. The number of nitrogens with one attached hydrogen (secondary N) is 1. The van der Waals surface area contributed by atoms with Crippen LogP contribution in [0.4, 0.5) is 32.1 Å². The molecule has 1 aliphatic rings. The van der Waals surface area contributed by atoms with Gasteiger partial charge in [0, 0.05) is 30.5 Å². The molecule has 0 amide bonds. The lowest BCUT2D eigenvalue weighted by Gasteiger charge is -2.27. The Bertz CT molecular complexity index is 1200. The smallest absolute Gasteiger partial charge is 0.248 e. The third kappa shape index (κ3) is 3.36. The predicted octanol–water partition coefficient (Wildman–Crippen LogP) is 3.73. The van der Waals surface area contributed by atoms with Crippen molar-refractivity contribution in [3.8, 4) is 5.69 Å². The highest BCUT2D eigenvalue weighted by Gasteiger charge is 2.23. The first-order valence-electron chi connectivity index (χ1n) is 9.50. The van der Waals surface area contributed by atoms with Crippen LogP contribution in [-0.2, 0) is 6.54 Å². The average molecular weight is 408 g/mol. The minimum absolute atomic E-state index is 0.434. The van der Waals surface area contributed by atoms with E-state index in [1.807, 2.05) is 36.1 Å². The summed E-state index contributed by atoms with van der Waals surface area (Å²) in [5.41, 5.74) is 2.25. The van der Waals surface area contributed by atoms with Crippen LogP contribution in [0.2, 0.25) is 0 Å². The van der Waals surface area contributed by atoms with Crippen LogP contribution in [0.5, 0.6) is 0 Å². The highest BCUT2D eigenvalue weighted by atomic mass is 19.2. The predicted molar refractivity (Wildman–Crippen MR) is 107 cm³/mol. The molecule has 1 N–H and O–H groups in total. The molecule has 0 saturated carbocycles. The molecule has 0 atom stereocenters. The second-order valence-electron chi connectivity index (χ2n) is 6.97. The Labute approximate surface area is 170 Å². The lowest BCUT2D eigenvalue weighted by atomic mass is 10.2. The Morgan fingerprint density at radius 3 is 2.47 bits per heavy atom. The van der Waals surface area contributed by atoms with E-state index in [0.717, 1.165) is 23.9 Å². The molecule has 2 aromatic carbocycles. The molecule has 0 aliphatic carbocycles. The Hall–Kier alpha value is -3.82. The first kappa shape index (κ1) is 18.2. The van der Waals surface area contributed by atoms with Crippen molar-refractivity contribution in [2.24, 2.45) is 0 Å². The van der Waals surface area contributed by atoms with Gasteiger partial charge in [-0.2, -0.15) is 10.1 Å². The maximum atomic E-state index is 13.7. The highest BCUT2D eigenvalue weighted by Crippen LogP contribution is 2.30. The molecule has 0 fully saturated rings. The van der Waals surface area contributed by atoms with Gasteiger partial charge >= 0.3 is 0 Å². The van der Waals surface area contributed by atoms with Crippen LogP contribution >= 0.6 is 0 Å². The van der Waals surface area contributed by atoms with E-state index in [0.29, 0.717) is 36.5 Å². The topological polar surface area (TPSA) is 76.7 Å². The minimum Gasteiger partial charge on any atom is -0.323 e. The Kier molecular flexibility index (Phi) is 4.38. The molecule has 10 heteroatoms. The second kappa shape index (κ2) is 7.21. The molecule has 5 rings (SSSR count). The summed E-state index contributed by atoms with van der Waals surface area (Å²) in [5.74, 6) is -0.0295. The molecule has 8 nitrogen and oxygen atoms in total. The number of rotatable bonds is 4. The van der Waals surface area contributed by atoms with Crippen molar-refractivity contribution in [2.75, 3.05) is 16.8 Å². The minimum atomic E-state index is -0.884. The van der Waals surface area contributed by atoms with E-state index in [2.05, 4.69) is 25.5 Å². The van der Waals surface area contributed by atoms with Gasteiger partial charge in [0.25, 0.3) is 0 Å². The second-order valence-corrected chi connectivity index (χ2v) is 6.97. The zero-order valence-electron chi connectivity index (χ0n) is 16.1. The van der Waals surface area contributed by atoms with Crippen molar-refractivity contribution in [1.82, 2.24) is 29.5 Å². The number of halogens is 2. The van der Waals surface area contributed by atoms with Gasteiger partial charge in [-0.15, -0.1) is 5.10 Å². The van der Waals surface area contributed by atoms with E-state index >= 15 is 0 Å². The number of hydrogen-bond acceptors (Lipinski definition) is 6. The quantitative estimate of drug-likeness (QED) is 0.555. The van der Waals surface area contributed by atoms with Crippen molar-refractivity contribution in [1.29, 1.82) is 0 Å². The number of nitrogens with zero attached hydrogens (tertiary/aromatic N) is 7. The van der Waals surface area contributed by atoms with Crippen LogP contribution < -0.4 is 10.2 Å². The van der Waals surface area contributed by atoms with E-state index < -0.39 is 11.6 Å². The first-order chi connectivity index (χ1) is 14.6. The number of aromatic nitrogens is 6. The van der Waals surface area contributed by atoms with Gasteiger partial charge in [0.15, 0.2) is 11.6 Å². The molecular weight excluding hydrogens is 390 g/mol. The molecule has 4 aromatic rings. The third-order valence-electron chi connectivity index (χ3n) is 4.85.